The van der Waals surface area contributed by atoms with Crippen molar-refractivity contribution in [3.63, 3.8) is 0 Å². The summed E-state index contributed by atoms with van der Waals surface area (Å²) in [5.41, 5.74) is 3.74. The number of amides is 2. The van der Waals surface area contributed by atoms with Crippen molar-refractivity contribution in [1.29, 1.82) is 0 Å². The third-order valence-electron chi connectivity index (χ3n) is 4.77. The van der Waals surface area contributed by atoms with Crippen LogP contribution in [0.5, 0.6) is 0 Å². The molecule has 1 heterocycles. The van der Waals surface area contributed by atoms with Gasteiger partial charge >= 0.3 is 0 Å². The Kier molecular flexibility index (Phi) is 7.90. The van der Waals surface area contributed by atoms with Crippen LogP contribution in [0.15, 0.2) is 89.3 Å². The summed E-state index contributed by atoms with van der Waals surface area (Å²) in [6.07, 6.45) is 4.11. The van der Waals surface area contributed by atoms with Crippen LogP contribution in [0.2, 0.25) is 0 Å². The number of carbonyl (C=O) groups is 2. The van der Waals surface area contributed by atoms with Crippen LogP contribution in [0.1, 0.15) is 11.1 Å². The molecule has 0 aliphatic heterocycles. The number of rotatable bonds is 9. The SMILES string of the molecule is O=C(/C=C\c1ccccc1)Nc1ccc2nc(SCC(=O)NCCc3ccccc3)sc2c1. The molecule has 5 nitrogen and oxygen atoms in total. The zero-order valence-corrected chi connectivity index (χ0v) is 19.5. The highest BCUT2D eigenvalue weighted by Crippen LogP contribution is 2.31. The van der Waals surface area contributed by atoms with Gasteiger partial charge in [-0.05, 0) is 41.8 Å². The summed E-state index contributed by atoms with van der Waals surface area (Å²) in [6, 6.07) is 25.4. The molecular formula is C26H23N3O2S2. The number of fused-ring (bicyclic) bond motifs is 1. The van der Waals surface area contributed by atoms with E-state index in [4.69, 9.17) is 0 Å². The van der Waals surface area contributed by atoms with Crippen LogP contribution in [0.3, 0.4) is 0 Å². The first-order valence-corrected chi connectivity index (χ1v) is 12.3. The highest BCUT2D eigenvalue weighted by Gasteiger charge is 2.09. The van der Waals surface area contributed by atoms with Crippen LogP contribution >= 0.6 is 23.1 Å². The van der Waals surface area contributed by atoms with E-state index in [-0.39, 0.29) is 11.8 Å². The van der Waals surface area contributed by atoms with E-state index in [1.165, 1.54) is 34.7 Å². The van der Waals surface area contributed by atoms with Gasteiger partial charge in [0.2, 0.25) is 11.8 Å². The highest BCUT2D eigenvalue weighted by atomic mass is 32.2. The highest BCUT2D eigenvalue weighted by molar-refractivity contribution is 8.01. The number of nitrogens with one attached hydrogen (secondary N) is 2. The third-order valence-corrected chi connectivity index (χ3v) is 6.93. The van der Waals surface area contributed by atoms with Crippen LogP contribution in [0.25, 0.3) is 16.3 Å². The molecule has 0 fully saturated rings. The van der Waals surface area contributed by atoms with Crippen molar-refractivity contribution in [3.8, 4) is 0 Å². The van der Waals surface area contributed by atoms with Gasteiger partial charge in [0.15, 0.2) is 4.34 Å². The molecule has 166 valence electrons. The van der Waals surface area contributed by atoms with E-state index in [9.17, 15) is 9.59 Å². The molecule has 2 amide bonds. The first kappa shape index (κ1) is 22.8. The fraction of sp³-hybridized carbons (Fsp3) is 0.115. The Morgan fingerprint density at radius 2 is 1.73 bits per heavy atom. The fourth-order valence-electron chi connectivity index (χ4n) is 3.13. The minimum absolute atomic E-state index is 0.00616. The van der Waals surface area contributed by atoms with E-state index in [0.29, 0.717) is 18.0 Å². The molecule has 0 spiro atoms. The van der Waals surface area contributed by atoms with Crippen molar-refractivity contribution in [3.05, 3.63) is 96.1 Å². The number of carbonyl (C=O) groups excluding carboxylic acids is 2. The second kappa shape index (κ2) is 11.4. The van der Waals surface area contributed by atoms with E-state index < -0.39 is 0 Å². The quantitative estimate of drug-likeness (QED) is 0.252. The molecule has 0 radical (unpaired) electrons. The molecule has 0 saturated heterocycles. The van der Waals surface area contributed by atoms with Gasteiger partial charge in [0, 0.05) is 18.3 Å². The van der Waals surface area contributed by atoms with Gasteiger partial charge in [-0.25, -0.2) is 4.98 Å². The van der Waals surface area contributed by atoms with Crippen LogP contribution in [-0.4, -0.2) is 29.1 Å². The van der Waals surface area contributed by atoms with Gasteiger partial charge in [-0.15, -0.1) is 11.3 Å². The minimum atomic E-state index is -0.190. The van der Waals surface area contributed by atoms with E-state index in [0.717, 1.165) is 26.5 Å². The smallest absolute Gasteiger partial charge is 0.248 e. The molecule has 0 unspecified atom stereocenters. The number of benzene rings is 3. The summed E-state index contributed by atoms with van der Waals surface area (Å²) >= 11 is 2.94. The van der Waals surface area contributed by atoms with E-state index in [1.807, 2.05) is 66.7 Å². The lowest BCUT2D eigenvalue weighted by atomic mass is 10.1. The number of aromatic nitrogens is 1. The monoisotopic (exact) mass is 473 g/mol. The zero-order valence-electron chi connectivity index (χ0n) is 17.9. The normalized spacial score (nSPS) is 11.0. The first-order chi connectivity index (χ1) is 16.2. The second-order valence-corrected chi connectivity index (χ2v) is 9.52. The maximum atomic E-state index is 12.2. The maximum absolute atomic E-state index is 12.2. The van der Waals surface area contributed by atoms with Gasteiger partial charge in [-0.1, -0.05) is 72.4 Å². The van der Waals surface area contributed by atoms with E-state index in [2.05, 4.69) is 27.8 Å². The molecule has 0 aliphatic rings. The standard InChI is InChI=1S/C26H23N3O2S2/c30-24(14-11-19-7-3-1-4-8-19)28-21-12-13-22-23(17-21)33-26(29-22)32-18-25(31)27-16-15-20-9-5-2-6-10-20/h1-14,17H,15-16,18H2,(H,27,31)(H,28,30)/b14-11-. The summed E-state index contributed by atoms with van der Waals surface area (Å²) < 4.78 is 1.79. The van der Waals surface area contributed by atoms with Crippen molar-refractivity contribution in [2.45, 2.75) is 10.8 Å². The Hall–Kier alpha value is -3.42. The van der Waals surface area contributed by atoms with Crippen LogP contribution in [0.4, 0.5) is 5.69 Å². The molecule has 33 heavy (non-hydrogen) atoms. The van der Waals surface area contributed by atoms with Gasteiger partial charge < -0.3 is 10.6 Å². The summed E-state index contributed by atoms with van der Waals surface area (Å²) in [4.78, 5) is 29.0. The molecule has 3 aromatic carbocycles. The van der Waals surface area contributed by atoms with Crippen molar-refractivity contribution in [2.24, 2.45) is 0 Å². The number of hydrogen-bond acceptors (Lipinski definition) is 5. The predicted octanol–water partition coefficient (Wildman–Crippen LogP) is 5.40. The third kappa shape index (κ3) is 7.03. The molecular weight excluding hydrogens is 450 g/mol. The molecule has 0 bridgehead atoms. The van der Waals surface area contributed by atoms with Crippen molar-refractivity contribution < 1.29 is 9.59 Å². The number of thiazole rings is 1. The molecule has 0 aliphatic carbocycles. The molecule has 0 atom stereocenters. The average Bonchev–Trinajstić information content (AvgIpc) is 3.25. The Morgan fingerprint density at radius 3 is 2.52 bits per heavy atom. The molecule has 4 aromatic rings. The minimum Gasteiger partial charge on any atom is -0.355 e. The van der Waals surface area contributed by atoms with E-state index in [1.54, 1.807) is 6.08 Å². The Morgan fingerprint density at radius 1 is 0.970 bits per heavy atom. The lowest BCUT2D eigenvalue weighted by molar-refractivity contribution is -0.118. The maximum Gasteiger partial charge on any atom is 0.248 e. The van der Waals surface area contributed by atoms with Gasteiger partial charge in [0.05, 0.1) is 16.0 Å². The van der Waals surface area contributed by atoms with Gasteiger partial charge in [0.1, 0.15) is 0 Å². The molecule has 1 aromatic heterocycles. The lowest BCUT2D eigenvalue weighted by Crippen LogP contribution is -2.27. The van der Waals surface area contributed by atoms with E-state index >= 15 is 0 Å². The number of thioether (sulfide) groups is 1. The molecule has 0 saturated carbocycles. The van der Waals surface area contributed by atoms with Crippen LogP contribution in [0, 0.1) is 0 Å². The summed E-state index contributed by atoms with van der Waals surface area (Å²) in [5, 5.41) is 5.84. The lowest BCUT2D eigenvalue weighted by Gasteiger charge is -2.04. The largest absolute Gasteiger partial charge is 0.355 e. The number of nitrogens with zero attached hydrogens (tertiary/aromatic N) is 1. The topological polar surface area (TPSA) is 71.1 Å². The van der Waals surface area contributed by atoms with Crippen molar-refractivity contribution in [1.82, 2.24) is 10.3 Å². The zero-order chi connectivity index (χ0) is 22.9. The van der Waals surface area contributed by atoms with Crippen molar-refractivity contribution in [2.75, 3.05) is 17.6 Å². The second-order valence-electron chi connectivity index (χ2n) is 7.27. The van der Waals surface area contributed by atoms with Crippen LogP contribution < -0.4 is 10.6 Å². The Labute approximate surface area is 200 Å². The van der Waals surface area contributed by atoms with Gasteiger partial charge in [-0.2, -0.15) is 0 Å². The van der Waals surface area contributed by atoms with Crippen LogP contribution in [-0.2, 0) is 16.0 Å². The van der Waals surface area contributed by atoms with Crippen molar-refractivity contribution >= 4 is 56.9 Å². The molecule has 2 N–H and O–H groups in total. The average molecular weight is 474 g/mol. The molecule has 7 heteroatoms. The van der Waals surface area contributed by atoms with Gasteiger partial charge in [-0.3, -0.25) is 9.59 Å². The summed E-state index contributed by atoms with van der Waals surface area (Å²) in [5.74, 6) is 0.125. The predicted molar refractivity (Wildman–Crippen MR) is 138 cm³/mol. The first-order valence-electron chi connectivity index (χ1n) is 10.5. The Bertz CT molecular complexity index is 1250. The summed E-state index contributed by atoms with van der Waals surface area (Å²) in [6.45, 7) is 0.616. The Balaban J connectivity index is 1.27. The van der Waals surface area contributed by atoms with Gasteiger partial charge in [0.25, 0.3) is 0 Å². The number of hydrogen-bond donors (Lipinski definition) is 2. The summed E-state index contributed by atoms with van der Waals surface area (Å²) in [7, 11) is 0. The molecule has 4 rings (SSSR count). The fourth-order valence-corrected chi connectivity index (χ4v) is 5.07. The number of anilines is 1.